The number of nitrogens with one attached hydrogen (secondary N) is 1. The van der Waals surface area contributed by atoms with Crippen LogP contribution in [0.5, 0.6) is 0 Å². The van der Waals surface area contributed by atoms with E-state index in [0.29, 0.717) is 4.31 Å². The first-order valence-corrected chi connectivity index (χ1v) is 6.87. The summed E-state index contributed by atoms with van der Waals surface area (Å²) in [5, 5.41) is 10.8. The molecule has 1 aliphatic heterocycles. The van der Waals surface area contributed by atoms with Crippen LogP contribution >= 0.6 is 0 Å². The summed E-state index contributed by atoms with van der Waals surface area (Å²) in [5.41, 5.74) is -6.10. The van der Waals surface area contributed by atoms with Gasteiger partial charge < -0.3 is 10.4 Å². The summed E-state index contributed by atoms with van der Waals surface area (Å²) >= 11 is 0. The monoisotopic (exact) mass is 304 g/mol. The van der Waals surface area contributed by atoms with Crippen LogP contribution in [0, 0.1) is 5.92 Å². The van der Waals surface area contributed by atoms with Gasteiger partial charge in [0.15, 0.2) is 0 Å². The Morgan fingerprint density at radius 1 is 1.37 bits per heavy atom. The third kappa shape index (κ3) is 3.72. The zero-order valence-electron chi connectivity index (χ0n) is 10.4. The SMILES string of the molecule is CC(C)(CC1CN(S(=O)(=O)C(F)(F)F)C1)NC(=O)O. The van der Waals surface area contributed by atoms with E-state index in [2.05, 4.69) is 5.32 Å². The van der Waals surface area contributed by atoms with Gasteiger partial charge in [0.2, 0.25) is 0 Å². The molecule has 0 bridgehead atoms. The predicted octanol–water partition coefficient (Wildman–Crippen LogP) is 1.20. The first-order valence-electron chi connectivity index (χ1n) is 5.43. The minimum atomic E-state index is -5.28. The van der Waals surface area contributed by atoms with Crippen molar-refractivity contribution in [1.82, 2.24) is 9.62 Å². The minimum absolute atomic E-state index is 0.243. The Kier molecular flexibility index (Phi) is 4.06. The number of hydrogen-bond donors (Lipinski definition) is 2. The third-order valence-electron chi connectivity index (χ3n) is 2.80. The van der Waals surface area contributed by atoms with Crippen molar-refractivity contribution in [2.24, 2.45) is 5.92 Å². The van der Waals surface area contributed by atoms with Crippen molar-refractivity contribution in [3.63, 3.8) is 0 Å². The number of nitrogens with zero attached hydrogens (tertiary/aromatic N) is 1. The molecule has 6 nitrogen and oxygen atoms in total. The first kappa shape index (κ1) is 16.0. The largest absolute Gasteiger partial charge is 0.511 e. The normalized spacial score (nSPS) is 19.0. The number of amides is 1. The molecule has 1 heterocycles. The Balaban J connectivity index is 2.54. The highest BCUT2D eigenvalue weighted by molar-refractivity contribution is 7.90. The summed E-state index contributed by atoms with van der Waals surface area (Å²) < 4.78 is 59.1. The van der Waals surface area contributed by atoms with Crippen molar-refractivity contribution in [3.05, 3.63) is 0 Å². The van der Waals surface area contributed by atoms with Crippen LogP contribution < -0.4 is 5.32 Å². The van der Waals surface area contributed by atoms with Gasteiger partial charge in [0.05, 0.1) is 0 Å². The summed E-state index contributed by atoms with van der Waals surface area (Å²) in [7, 11) is -5.25. The average Bonchev–Trinajstić information content (AvgIpc) is 2.05. The second-order valence-corrected chi connectivity index (χ2v) is 7.08. The van der Waals surface area contributed by atoms with Gasteiger partial charge in [-0.3, -0.25) is 0 Å². The summed E-state index contributed by atoms with van der Waals surface area (Å²) in [6.45, 7) is 2.68. The van der Waals surface area contributed by atoms with Gasteiger partial charge in [0.1, 0.15) is 0 Å². The van der Waals surface area contributed by atoms with E-state index in [1.165, 1.54) is 0 Å². The highest BCUT2D eigenvalue weighted by Crippen LogP contribution is 2.34. The smallest absolute Gasteiger partial charge is 0.465 e. The number of rotatable bonds is 4. The molecular weight excluding hydrogens is 289 g/mol. The molecule has 0 aromatic carbocycles. The maximum Gasteiger partial charge on any atom is 0.511 e. The zero-order chi connectivity index (χ0) is 15.1. The van der Waals surface area contributed by atoms with E-state index in [4.69, 9.17) is 5.11 Å². The Hall–Kier alpha value is -1.03. The van der Waals surface area contributed by atoms with Crippen molar-refractivity contribution in [2.75, 3.05) is 13.1 Å². The average molecular weight is 304 g/mol. The highest BCUT2D eigenvalue weighted by Gasteiger charge is 2.53. The lowest BCUT2D eigenvalue weighted by molar-refractivity contribution is -0.0527. The zero-order valence-corrected chi connectivity index (χ0v) is 11.2. The molecule has 1 amide bonds. The Bertz CT molecular complexity index is 455. The lowest BCUT2D eigenvalue weighted by atomic mass is 9.87. The van der Waals surface area contributed by atoms with Gasteiger partial charge >= 0.3 is 21.6 Å². The fraction of sp³-hybridized carbons (Fsp3) is 0.889. The maximum atomic E-state index is 12.2. The minimum Gasteiger partial charge on any atom is -0.465 e. The van der Waals surface area contributed by atoms with E-state index < -0.39 is 27.2 Å². The molecule has 10 heteroatoms. The van der Waals surface area contributed by atoms with Crippen LogP contribution in [-0.2, 0) is 10.0 Å². The molecule has 1 saturated heterocycles. The van der Waals surface area contributed by atoms with Gasteiger partial charge in [-0.25, -0.2) is 13.2 Å². The Morgan fingerprint density at radius 3 is 2.21 bits per heavy atom. The number of halogens is 3. The molecule has 0 radical (unpaired) electrons. The van der Waals surface area contributed by atoms with Gasteiger partial charge in [-0.1, -0.05) is 0 Å². The third-order valence-corrected chi connectivity index (χ3v) is 4.36. The van der Waals surface area contributed by atoms with Crippen molar-refractivity contribution in [1.29, 1.82) is 0 Å². The number of sulfonamides is 1. The summed E-state index contributed by atoms with van der Waals surface area (Å²) in [4.78, 5) is 10.5. The molecular formula is C9H15F3N2O4S. The van der Waals surface area contributed by atoms with E-state index in [-0.39, 0.29) is 25.4 Å². The summed E-state index contributed by atoms with van der Waals surface area (Å²) in [6, 6.07) is 0. The van der Waals surface area contributed by atoms with Crippen LogP contribution in [0.4, 0.5) is 18.0 Å². The van der Waals surface area contributed by atoms with E-state index in [1.807, 2.05) is 0 Å². The van der Waals surface area contributed by atoms with Crippen LogP contribution in [0.3, 0.4) is 0 Å². The maximum absolute atomic E-state index is 12.2. The molecule has 0 spiro atoms. The van der Waals surface area contributed by atoms with Gasteiger partial charge in [0, 0.05) is 18.6 Å². The first-order chi connectivity index (χ1) is 8.35. The summed E-state index contributed by atoms with van der Waals surface area (Å²) in [6.07, 6.45) is -0.965. The van der Waals surface area contributed by atoms with Gasteiger partial charge in [-0.2, -0.15) is 17.5 Å². The standard InChI is InChI=1S/C9H15F3N2O4S/c1-8(2,13-7(15)16)3-6-4-14(5-6)19(17,18)9(10,11)12/h6,13H,3-5H2,1-2H3,(H,15,16). The molecule has 1 aliphatic rings. The number of hydrogen-bond acceptors (Lipinski definition) is 3. The molecule has 0 aliphatic carbocycles. The van der Waals surface area contributed by atoms with E-state index in [1.54, 1.807) is 13.8 Å². The number of carboxylic acid groups (broad SMARTS) is 1. The molecule has 0 atom stereocenters. The number of alkyl halides is 3. The molecule has 19 heavy (non-hydrogen) atoms. The summed E-state index contributed by atoms with van der Waals surface area (Å²) in [5.74, 6) is -0.293. The molecule has 2 N–H and O–H groups in total. The molecule has 0 saturated carbocycles. The van der Waals surface area contributed by atoms with Crippen molar-refractivity contribution < 1.29 is 31.5 Å². The van der Waals surface area contributed by atoms with Crippen molar-refractivity contribution in [3.8, 4) is 0 Å². The molecule has 0 aromatic heterocycles. The lowest BCUT2D eigenvalue weighted by Gasteiger charge is -2.41. The van der Waals surface area contributed by atoms with Gasteiger partial charge in [0.25, 0.3) is 0 Å². The second kappa shape index (κ2) is 4.82. The van der Waals surface area contributed by atoms with Crippen LogP contribution in [0.15, 0.2) is 0 Å². The van der Waals surface area contributed by atoms with E-state index in [0.717, 1.165) is 0 Å². The van der Waals surface area contributed by atoms with Crippen LogP contribution in [0.1, 0.15) is 20.3 Å². The van der Waals surface area contributed by atoms with Gasteiger partial charge in [-0.15, -0.1) is 0 Å². The van der Waals surface area contributed by atoms with Crippen LogP contribution in [0.25, 0.3) is 0 Å². The highest BCUT2D eigenvalue weighted by atomic mass is 32.2. The molecule has 1 rings (SSSR count). The van der Waals surface area contributed by atoms with E-state index in [9.17, 15) is 26.4 Å². The fourth-order valence-corrected chi connectivity index (χ4v) is 3.16. The quantitative estimate of drug-likeness (QED) is 0.817. The Labute approximate surface area is 108 Å². The fourth-order valence-electron chi connectivity index (χ4n) is 2.06. The molecule has 0 aromatic rings. The number of carbonyl (C=O) groups is 1. The second-order valence-electron chi connectivity index (χ2n) is 5.15. The van der Waals surface area contributed by atoms with Crippen molar-refractivity contribution >= 4 is 16.1 Å². The predicted molar refractivity (Wildman–Crippen MR) is 59.9 cm³/mol. The van der Waals surface area contributed by atoms with E-state index >= 15 is 0 Å². The topological polar surface area (TPSA) is 86.7 Å². The molecule has 1 fully saturated rings. The van der Waals surface area contributed by atoms with Crippen LogP contribution in [-0.4, -0.2) is 48.1 Å². The molecule has 112 valence electrons. The Morgan fingerprint density at radius 2 is 1.84 bits per heavy atom. The van der Waals surface area contributed by atoms with Crippen molar-refractivity contribution in [2.45, 2.75) is 31.3 Å². The van der Waals surface area contributed by atoms with Gasteiger partial charge in [-0.05, 0) is 26.2 Å². The lowest BCUT2D eigenvalue weighted by Crippen LogP contribution is -2.57. The van der Waals surface area contributed by atoms with Crippen LogP contribution in [0.2, 0.25) is 0 Å². The molecule has 0 unspecified atom stereocenters.